The highest BCUT2D eigenvalue weighted by atomic mass is 32.2. The Labute approximate surface area is 96.7 Å². The van der Waals surface area contributed by atoms with Gasteiger partial charge in [0.05, 0.1) is 6.20 Å². The molecule has 1 heterocycles. The molecule has 16 heavy (non-hydrogen) atoms. The summed E-state index contributed by atoms with van der Waals surface area (Å²) in [5.41, 5.74) is 0. The molecule has 92 valence electrons. The second-order valence-corrected chi connectivity index (χ2v) is 5.54. The topological polar surface area (TPSA) is 74.8 Å². The summed E-state index contributed by atoms with van der Waals surface area (Å²) in [7, 11) is -3.44. The largest absolute Gasteiger partial charge is 0.332 e. The van der Waals surface area contributed by atoms with E-state index in [0.29, 0.717) is 12.2 Å². The van der Waals surface area contributed by atoms with Gasteiger partial charge in [0.1, 0.15) is 5.82 Å². The zero-order valence-corrected chi connectivity index (χ0v) is 10.8. The standard InChI is InChI=1S/C10H19N3O2S/c1-4-6-8(3)13-16(14,15)10-7-11-9(5-2)12-10/h7-8,13H,4-6H2,1-3H3,(H,11,12). The molecule has 0 radical (unpaired) electrons. The molecule has 0 amide bonds. The van der Waals surface area contributed by atoms with Gasteiger partial charge in [-0.15, -0.1) is 0 Å². The van der Waals surface area contributed by atoms with Crippen LogP contribution in [0.25, 0.3) is 0 Å². The van der Waals surface area contributed by atoms with Gasteiger partial charge in [-0.3, -0.25) is 0 Å². The van der Waals surface area contributed by atoms with E-state index in [1.54, 1.807) is 0 Å². The lowest BCUT2D eigenvalue weighted by Crippen LogP contribution is -2.32. The second-order valence-electron chi connectivity index (χ2n) is 3.86. The van der Waals surface area contributed by atoms with E-state index in [1.165, 1.54) is 6.20 Å². The number of sulfonamides is 1. The molecule has 0 aliphatic carbocycles. The maximum atomic E-state index is 11.9. The Hall–Kier alpha value is -0.880. The fraction of sp³-hybridized carbons (Fsp3) is 0.700. The lowest BCUT2D eigenvalue weighted by atomic mass is 10.2. The van der Waals surface area contributed by atoms with Gasteiger partial charge in [-0.25, -0.2) is 18.1 Å². The molecular formula is C10H19N3O2S. The minimum atomic E-state index is -3.44. The molecular weight excluding hydrogens is 226 g/mol. The molecule has 0 saturated carbocycles. The van der Waals surface area contributed by atoms with Gasteiger partial charge < -0.3 is 4.98 Å². The maximum absolute atomic E-state index is 11.9. The van der Waals surface area contributed by atoms with E-state index in [4.69, 9.17) is 0 Å². The van der Waals surface area contributed by atoms with Crippen molar-refractivity contribution in [3.63, 3.8) is 0 Å². The molecule has 1 aromatic rings. The van der Waals surface area contributed by atoms with E-state index in [2.05, 4.69) is 14.7 Å². The van der Waals surface area contributed by atoms with Crippen LogP contribution >= 0.6 is 0 Å². The summed E-state index contributed by atoms with van der Waals surface area (Å²) >= 11 is 0. The van der Waals surface area contributed by atoms with Crippen molar-refractivity contribution in [3.05, 3.63) is 12.0 Å². The zero-order valence-electron chi connectivity index (χ0n) is 9.95. The molecule has 0 aliphatic heterocycles. The average Bonchev–Trinajstić information content (AvgIpc) is 2.65. The first-order valence-electron chi connectivity index (χ1n) is 5.55. The van der Waals surface area contributed by atoms with Crippen molar-refractivity contribution >= 4 is 10.0 Å². The number of nitrogens with zero attached hydrogens (tertiary/aromatic N) is 1. The Kier molecular flexibility index (Phi) is 4.49. The zero-order chi connectivity index (χ0) is 12.2. The van der Waals surface area contributed by atoms with Crippen molar-refractivity contribution in [1.82, 2.24) is 14.7 Å². The molecule has 2 N–H and O–H groups in total. The van der Waals surface area contributed by atoms with Crippen molar-refractivity contribution in [1.29, 1.82) is 0 Å². The number of nitrogens with one attached hydrogen (secondary N) is 2. The predicted octanol–water partition coefficient (Wildman–Crippen LogP) is 1.44. The third-order valence-corrected chi connectivity index (χ3v) is 3.81. The van der Waals surface area contributed by atoms with Crippen molar-refractivity contribution in [3.8, 4) is 0 Å². The highest BCUT2D eigenvalue weighted by Gasteiger charge is 2.19. The van der Waals surface area contributed by atoms with Gasteiger partial charge in [-0.2, -0.15) is 0 Å². The van der Waals surface area contributed by atoms with Crippen molar-refractivity contribution in [2.24, 2.45) is 0 Å². The van der Waals surface area contributed by atoms with Crippen LogP contribution in [0.4, 0.5) is 0 Å². The Balaban J connectivity index is 2.77. The molecule has 0 bridgehead atoms. The van der Waals surface area contributed by atoms with Gasteiger partial charge in [0.2, 0.25) is 0 Å². The maximum Gasteiger partial charge on any atom is 0.257 e. The number of hydrogen-bond acceptors (Lipinski definition) is 3. The SMILES string of the molecule is CCCC(C)NS(=O)(=O)c1cnc(CC)[nH]1. The Morgan fingerprint density at radius 3 is 2.69 bits per heavy atom. The predicted molar refractivity (Wildman–Crippen MR) is 62.7 cm³/mol. The molecule has 5 nitrogen and oxygen atoms in total. The van der Waals surface area contributed by atoms with Crippen LogP contribution < -0.4 is 4.72 Å². The van der Waals surface area contributed by atoms with Gasteiger partial charge in [0.25, 0.3) is 10.0 Å². The van der Waals surface area contributed by atoms with Crippen LogP contribution in [0, 0.1) is 0 Å². The van der Waals surface area contributed by atoms with Crippen LogP contribution in [0.2, 0.25) is 0 Å². The second kappa shape index (κ2) is 5.45. The van der Waals surface area contributed by atoms with E-state index in [0.717, 1.165) is 12.8 Å². The first kappa shape index (κ1) is 13.2. The van der Waals surface area contributed by atoms with Gasteiger partial charge in [-0.05, 0) is 13.3 Å². The van der Waals surface area contributed by atoms with E-state index in [-0.39, 0.29) is 11.1 Å². The van der Waals surface area contributed by atoms with E-state index < -0.39 is 10.0 Å². The lowest BCUT2D eigenvalue weighted by molar-refractivity contribution is 0.541. The van der Waals surface area contributed by atoms with Crippen molar-refractivity contribution in [2.45, 2.75) is 51.1 Å². The number of aryl methyl sites for hydroxylation is 1. The summed E-state index contributed by atoms with van der Waals surface area (Å²) in [6.07, 6.45) is 3.83. The number of aromatic amines is 1. The van der Waals surface area contributed by atoms with Crippen LogP contribution in [0.15, 0.2) is 11.2 Å². The highest BCUT2D eigenvalue weighted by molar-refractivity contribution is 7.89. The third kappa shape index (κ3) is 3.31. The average molecular weight is 245 g/mol. The van der Waals surface area contributed by atoms with Gasteiger partial charge >= 0.3 is 0 Å². The smallest absolute Gasteiger partial charge is 0.257 e. The molecule has 6 heteroatoms. The molecule has 1 unspecified atom stereocenters. The van der Waals surface area contributed by atoms with E-state index in [9.17, 15) is 8.42 Å². The third-order valence-electron chi connectivity index (χ3n) is 2.31. The number of aromatic nitrogens is 2. The van der Waals surface area contributed by atoms with Crippen LogP contribution in [0.3, 0.4) is 0 Å². The minimum Gasteiger partial charge on any atom is -0.332 e. The first-order chi connectivity index (χ1) is 7.49. The fourth-order valence-corrected chi connectivity index (χ4v) is 2.70. The molecule has 1 rings (SSSR count). The molecule has 0 spiro atoms. The molecule has 0 fully saturated rings. The molecule has 1 aromatic heterocycles. The number of rotatable bonds is 6. The number of hydrogen-bond donors (Lipinski definition) is 2. The van der Waals surface area contributed by atoms with Crippen LogP contribution in [0.5, 0.6) is 0 Å². The summed E-state index contributed by atoms with van der Waals surface area (Å²) in [4.78, 5) is 6.77. The number of H-pyrrole nitrogens is 1. The van der Waals surface area contributed by atoms with Crippen LogP contribution in [-0.2, 0) is 16.4 Å². The van der Waals surface area contributed by atoms with Gasteiger partial charge in [0.15, 0.2) is 5.03 Å². The Morgan fingerprint density at radius 1 is 1.50 bits per heavy atom. The molecule has 0 aromatic carbocycles. The lowest BCUT2D eigenvalue weighted by Gasteiger charge is -2.11. The number of imidazole rings is 1. The van der Waals surface area contributed by atoms with Gasteiger partial charge in [0, 0.05) is 12.5 Å². The Bertz CT molecular complexity index is 425. The van der Waals surface area contributed by atoms with Crippen molar-refractivity contribution in [2.75, 3.05) is 0 Å². The summed E-state index contributed by atoms with van der Waals surface area (Å²) in [6.45, 7) is 5.80. The molecule has 0 aliphatic rings. The fourth-order valence-electron chi connectivity index (χ4n) is 1.48. The minimum absolute atomic E-state index is 0.0524. The molecule has 0 saturated heterocycles. The van der Waals surface area contributed by atoms with Crippen LogP contribution in [-0.4, -0.2) is 24.4 Å². The van der Waals surface area contributed by atoms with Crippen LogP contribution in [0.1, 0.15) is 39.4 Å². The van der Waals surface area contributed by atoms with E-state index >= 15 is 0 Å². The molecule has 1 atom stereocenters. The highest BCUT2D eigenvalue weighted by Crippen LogP contribution is 2.08. The monoisotopic (exact) mass is 245 g/mol. The normalized spacial score (nSPS) is 13.9. The first-order valence-corrected chi connectivity index (χ1v) is 7.04. The van der Waals surface area contributed by atoms with Crippen molar-refractivity contribution < 1.29 is 8.42 Å². The summed E-state index contributed by atoms with van der Waals surface area (Å²) in [6, 6.07) is -0.0524. The van der Waals surface area contributed by atoms with E-state index in [1.807, 2.05) is 20.8 Å². The quantitative estimate of drug-likeness (QED) is 0.796. The summed E-state index contributed by atoms with van der Waals surface area (Å²) < 4.78 is 26.3. The Morgan fingerprint density at radius 2 is 2.19 bits per heavy atom. The van der Waals surface area contributed by atoms with Gasteiger partial charge in [-0.1, -0.05) is 20.3 Å². The summed E-state index contributed by atoms with van der Waals surface area (Å²) in [5, 5.41) is 0.146. The summed E-state index contributed by atoms with van der Waals surface area (Å²) in [5.74, 6) is 0.684.